The molecule has 3 rings (SSSR count). The molecule has 0 unspecified atom stereocenters. The van der Waals surface area contributed by atoms with E-state index in [4.69, 9.17) is 26.4 Å². The van der Waals surface area contributed by atoms with E-state index in [2.05, 4.69) is 0 Å². The maximum absolute atomic E-state index is 13.0. The Bertz CT molecular complexity index is 1050. The van der Waals surface area contributed by atoms with Crippen LogP contribution in [-0.2, 0) is 9.59 Å². The van der Waals surface area contributed by atoms with Gasteiger partial charge in [0.05, 0.1) is 32.8 Å². The van der Waals surface area contributed by atoms with Crippen LogP contribution in [0.4, 0.5) is 5.69 Å². The number of para-hydroxylation sites is 1. The number of hydrogen-bond acceptors (Lipinski definition) is 8. The Hall–Kier alpha value is -3.08. The number of benzene rings is 2. The standard InChI is InChI=1S/C23H24N2O6S2/c1-29-17-11-15(12-18(30-2)21(17)31-3)13-19-22(28)25(23(32)33-19)14-20(27)24(9-10-26)16-7-5-4-6-8-16/h4-8,11-13,26H,9-10,14H2,1-3H3. The van der Waals surface area contributed by atoms with Crippen molar-refractivity contribution in [2.45, 2.75) is 0 Å². The van der Waals surface area contributed by atoms with E-state index in [9.17, 15) is 14.7 Å². The van der Waals surface area contributed by atoms with Crippen molar-refractivity contribution in [1.29, 1.82) is 0 Å². The lowest BCUT2D eigenvalue weighted by molar-refractivity contribution is -0.127. The third-order valence-corrected chi connectivity index (χ3v) is 6.22. The molecule has 174 valence electrons. The molecule has 0 bridgehead atoms. The van der Waals surface area contributed by atoms with E-state index in [1.54, 1.807) is 42.5 Å². The van der Waals surface area contributed by atoms with Gasteiger partial charge >= 0.3 is 0 Å². The second-order valence-electron chi connectivity index (χ2n) is 6.83. The fraction of sp³-hybridized carbons (Fsp3) is 0.261. The van der Waals surface area contributed by atoms with Gasteiger partial charge in [-0.2, -0.15) is 0 Å². The van der Waals surface area contributed by atoms with Gasteiger partial charge in [-0.25, -0.2) is 0 Å². The molecule has 1 N–H and O–H groups in total. The largest absolute Gasteiger partial charge is 0.493 e. The van der Waals surface area contributed by atoms with Gasteiger partial charge in [0.1, 0.15) is 10.9 Å². The number of anilines is 1. The predicted molar refractivity (Wildman–Crippen MR) is 132 cm³/mol. The number of thioether (sulfide) groups is 1. The zero-order valence-electron chi connectivity index (χ0n) is 18.4. The average Bonchev–Trinajstić information content (AvgIpc) is 3.09. The van der Waals surface area contributed by atoms with Crippen LogP contribution in [0, 0.1) is 0 Å². The summed E-state index contributed by atoms with van der Waals surface area (Å²) < 4.78 is 16.3. The van der Waals surface area contributed by atoms with E-state index in [1.165, 1.54) is 31.1 Å². The van der Waals surface area contributed by atoms with E-state index < -0.39 is 0 Å². The number of aliphatic hydroxyl groups excluding tert-OH is 1. The quantitative estimate of drug-likeness (QED) is 0.426. The minimum Gasteiger partial charge on any atom is -0.493 e. The van der Waals surface area contributed by atoms with Gasteiger partial charge in [0, 0.05) is 12.2 Å². The maximum atomic E-state index is 13.0. The number of hydrogen-bond donors (Lipinski definition) is 1. The molecule has 1 aliphatic rings. The van der Waals surface area contributed by atoms with Crippen molar-refractivity contribution in [2.24, 2.45) is 0 Å². The molecule has 0 spiro atoms. The summed E-state index contributed by atoms with van der Waals surface area (Å²) >= 11 is 6.48. The molecule has 1 fully saturated rings. The van der Waals surface area contributed by atoms with E-state index in [0.717, 1.165) is 11.8 Å². The molecule has 0 saturated carbocycles. The van der Waals surface area contributed by atoms with Crippen LogP contribution in [0.3, 0.4) is 0 Å². The normalized spacial score (nSPS) is 14.5. The van der Waals surface area contributed by atoms with Crippen molar-refractivity contribution in [3.05, 3.63) is 52.9 Å². The number of carbonyl (C=O) groups is 2. The van der Waals surface area contributed by atoms with Crippen LogP contribution in [0.2, 0.25) is 0 Å². The zero-order chi connectivity index (χ0) is 24.0. The van der Waals surface area contributed by atoms with Crippen molar-refractivity contribution in [1.82, 2.24) is 4.90 Å². The topological polar surface area (TPSA) is 88.5 Å². The summed E-state index contributed by atoms with van der Waals surface area (Å²) in [4.78, 5) is 29.1. The van der Waals surface area contributed by atoms with Gasteiger partial charge in [0.15, 0.2) is 11.5 Å². The molecule has 8 nitrogen and oxygen atoms in total. The van der Waals surface area contributed by atoms with Crippen molar-refractivity contribution in [3.63, 3.8) is 0 Å². The van der Waals surface area contributed by atoms with Crippen molar-refractivity contribution < 1.29 is 28.9 Å². The number of nitrogens with zero attached hydrogens (tertiary/aromatic N) is 2. The molecular weight excluding hydrogens is 464 g/mol. The number of rotatable bonds is 9. The minimum atomic E-state index is -0.371. The third kappa shape index (κ3) is 5.47. The van der Waals surface area contributed by atoms with Crippen LogP contribution >= 0.6 is 24.0 Å². The molecule has 0 aromatic heterocycles. The number of aliphatic hydroxyl groups is 1. The van der Waals surface area contributed by atoms with Gasteiger partial charge in [-0.05, 0) is 35.9 Å². The number of methoxy groups -OCH3 is 3. The Labute approximate surface area is 201 Å². The van der Waals surface area contributed by atoms with Crippen molar-refractivity contribution in [3.8, 4) is 17.2 Å². The highest BCUT2D eigenvalue weighted by Crippen LogP contribution is 2.40. The van der Waals surface area contributed by atoms with Crippen molar-refractivity contribution in [2.75, 3.05) is 45.9 Å². The molecule has 10 heteroatoms. The second kappa shape index (κ2) is 11.2. The van der Waals surface area contributed by atoms with Crippen LogP contribution in [-0.4, -0.2) is 67.2 Å². The Balaban J connectivity index is 1.83. The molecule has 1 heterocycles. The van der Waals surface area contributed by atoms with E-state index >= 15 is 0 Å². The molecule has 2 amide bonds. The van der Waals surface area contributed by atoms with Gasteiger partial charge in [-0.15, -0.1) is 0 Å². The van der Waals surface area contributed by atoms with Crippen LogP contribution in [0.15, 0.2) is 47.4 Å². The Morgan fingerprint density at radius 3 is 2.30 bits per heavy atom. The van der Waals surface area contributed by atoms with Crippen LogP contribution in [0.5, 0.6) is 17.2 Å². The summed E-state index contributed by atoms with van der Waals surface area (Å²) in [6.07, 6.45) is 1.66. The lowest BCUT2D eigenvalue weighted by Gasteiger charge is -2.24. The molecule has 2 aromatic rings. The minimum absolute atomic E-state index is 0.110. The number of amides is 2. The third-order valence-electron chi connectivity index (χ3n) is 4.84. The molecule has 0 aliphatic carbocycles. The smallest absolute Gasteiger partial charge is 0.266 e. The van der Waals surface area contributed by atoms with E-state index in [-0.39, 0.29) is 35.8 Å². The molecule has 33 heavy (non-hydrogen) atoms. The summed E-state index contributed by atoms with van der Waals surface area (Å²) in [5, 5.41) is 9.40. The van der Waals surface area contributed by atoms with E-state index in [1.807, 2.05) is 6.07 Å². The Morgan fingerprint density at radius 1 is 1.12 bits per heavy atom. The molecule has 1 saturated heterocycles. The lowest BCUT2D eigenvalue weighted by atomic mass is 10.1. The molecular formula is C23H24N2O6S2. The summed E-state index contributed by atoms with van der Waals surface area (Å²) in [5.74, 6) is 0.636. The first-order valence-electron chi connectivity index (χ1n) is 9.95. The maximum Gasteiger partial charge on any atom is 0.266 e. The monoisotopic (exact) mass is 488 g/mol. The van der Waals surface area contributed by atoms with Crippen LogP contribution < -0.4 is 19.1 Å². The summed E-state index contributed by atoms with van der Waals surface area (Å²) in [6, 6.07) is 12.4. The number of ether oxygens (including phenoxy) is 3. The van der Waals surface area contributed by atoms with Gasteiger partial charge in [-0.3, -0.25) is 14.5 Å². The van der Waals surface area contributed by atoms with Crippen LogP contribution in [0.1, 0.15) is 5.56 Å². The number of thiocarbonyl (C=S) groups is 1. The van der Waals surface area contributed by atoms with Gasteiger partial charge in [0.2, 0.25) is 11.7 Å². The molecule has 1 aliphatic heterocycles. The first-order chi connectivity index (χ1) is 15.9. The zero-order valence-corrected chi connectivity index (χ0v) is 20.1. The SMILES string of the molecule is COc1cc(C=C2SC(=S)N(CC(=O)N(CCO)c3ccccc3)C2=O)cc(OC)c1OC. The summed E-state index contributed by atoms with van der Waals surface area (Å²) in [7, 11) is 4.53. The summed E-state index contributed by atoms with van der Waals surface area (Å²) in [5.41, 5.74) is 1.29. The first-order valence-corrected chi connectivity index (χ1v) is 11.2. The highest BCUT2D eigenvalue weighted by Gasteiger charge is 2.34. The Morgan fingerprint density at radius 2 is 1.76 bits per heavy atom. The fourth-order valence-electron chi connectivity index (χ4n) is 3.30. The van der Waals surface area contributed by atoms with Crippen LogP contribution in [0.25, 0.3) is 6.08 Å². The van der Waals surface area contributed by atoms with Crippen molar-refractivity contribution >= 4 is 51.9 Å². The fourth-order valence-corrected chi connectivity index (χ4v) is 4.55. The lowest BCUT2D eigenvalue weighted by Crippen LogP contribution is -2.43. The predicted octanol–water partition coefficient (Wildman–Crippen LogP) is 2.94. The molecule has 2 aromatic carbocycles. The average molecular weight is 489 g/mol. The number of carbonyl (C=O) groups excluding carboxylic acids is 2. The molecule has 0 radical (unpaired) electrons. The van der Waals surface area contributed by atoms with E-state index in [0.29, 0.717) is 33.4 Å². The molecule has 0 atom stereocenters. The van der Waals surface area contributed by atoms with Gasteiger partial charge in [0.25, 0.3) is 5.91 Å². The second-order valence-corrected chi connectivity index (χ2v) is 8.51. The first kappa shape index (κ1) is 24.6. The highest BCUT2D eigenvalue weighted by atomic mass is 32.2. The summed E-state index contributed by atoms with van der Waals surface area (Å²) in [6.45, 7) is -0.328. The highest BCUT2D eigenvalue weighted by molar-refractivity contribution is 8.26. The Kier molecular flexibility index (Phi) is 8.32. The van der Waals surface area contributed by atoms with Gasteiger partial charge in [-0.1, -0.05) is 42.2 Å². The van der Waals surface area contributed by atoms with Gasteiger partial charge < -0.3 is 24.2 Å².